The minimum absolute atomic E-state index is 0.565. The van der Waals surface area contributed by atoms with E-state index in [9.17, 15) is 0 Å². The number of unbranched alkanes of at least 4 members (excludes halogenated alkanes) is 5. The van der Waals surface area contributed by atoms with Gasteiger partial charge in [0.25, 0.3) is 0 Å². The van der Waals surface area contributed by atoms with Gasteiger partial charge in [-0.2, -0.15) is 0 Å². The van der Waals surface area contributed by atoms with E-state index in [1.165, 1.54) is 25.7 Å². The van der Waals surface area contributed by atoms with Crippen molar-refractivity contribution in [1.29, 1.82) is 0 Å². The Morgan fingerprint density at radius 1 is 0.267 bits per heavy atom. The van der Waals surface area contributed by atoms with Crippen molar-refractivity contribution in [3.05, 3.63) is 0 Å². The van der Waals surface area contributed by atoms with Crippen LogP contribution in [0, 0.1) is 0 Å². The van der Waals surface area contributed by atoms with Gasteiger partial charge in [-0.05, 0) is 12.8 Å². The second kappa shape index (κ2) is 28.7. The molecule has 0 spiro atoms. The number of rotatable bonds is 27. The van der Waals surface area contributed by atoms with Crippen molar-refractivity contribution in [3.8, 4) is 0 Å². The molecule has 0 unspecified atom stereocenters. The molecule has 0 aliphatic rings. The lowest BCUT2D eigenvalue weighted by molar-refractivity contribution is -0.0206. The molecule has 0 bridgehead atoms. The molecule has 0 radical (unpaired) electrons. The second-order valence-corrected chi connectivity index (χ2v) is 7.05. The number of hydrogen-bond acceptors (Lipinski definition) is 7. The van der Waals surface area contributed by atoms with E-state index in [1.54, 1.807) is 0 Å². The fourth-order valence-corrected chi connectivity index (χ4v) is 2.48. The van der Waals surface area contributed by atoms with Gasteiger partial charge in [0.1, 0.15) is 0 Å². The van der Waals surface area contributed by atoms with Crippen LogP contribution in [0.15, 0.2) is 0 Å². The minimum Gasteiger partial charge on any atom is -0.379 e. The van der Waals surface area contributed by atoms with Crippen LogP contribution in [-0.4, -0.2) is 92.5 Å². The smallest absolute Gasteiger partial charge is 0.0701 e. The van der Waals surface area contributed by atoms with Crippen LogP contribution in [0.25, 0.3) is 0 Å². The standard InChI is InChI=1S/C23H48O7/c1-3-5-7-8-9-11-25-13-15-27-17-19-29-21-23-30-22-20-28-18-16-26-14-12-24-10-6-4-2/h3-23H2,1-2H3. The summed E-state index contributed by atoms with van der Waals surface area (Å²) in [4.78, 5) is 0. The summed E-state index contributed by atoms with van der Waals surface area (Å²) in [7, 11) is 0. The lowest BCUT2D eigenvalue weighted by atomic mass is 10.2. The molecule has 0 aromatic heterocycles. The fourth-order valence-electron chi connectivity index (χ4n) is 2.48. The molecule has 0 aliphatic carbocycles. The van der Waals surface area contributed by atoms with Crippen molar-refractivity contribution >= 4 is 0 Å². The van der Waals surface area contributed by atoms with Crippen LogP contribution in [0.4, 0.5) is 0 Å². The highest BCUT2D eigenvalue weighted by Gasteiger charge is 1.95. The summed E-state index contributed by atoms with van der Waals surface area (Å²) in [5.41, 5.74) is 0. The van der Waals surface area contributed by atoms with Gasteiger partial charge in [-0.15, -0.1) is 0 Å². The quantitative estimate of drug-likeness (QED) is 0.181. The Morgan fingerprint density at radius 2 is 0.533 bits per heavy atom. The molecule has 7 nitrogen and oxygen atoms in total. The first kappa shape index (κ1) is 29.7. The Bertz CT molecular complexity index is 265. The maximum Gasteiger partial charge on any atom is 0.0701 e. The molecule has 0 aromatic carbocycles. The zero-order valence-electron chi connectivity index (χ0n) is 19.7. The zero-order valence-corrected chi connectivity index (χ0v) is 19.7. The molecule has 0 atom stereocenters. The third kappa shape index (κ3) is 27.7. The summed E-state index contributed by atoms with van der Waals surface area (Å²) in [5, 5.41) is 0. The van der Waals surface area contributed by atoms with E-state index < -0.39 is 0 Å². The lowest BCUT2D eigenvalue weighted by Crippen LogP contribution is -2.14. The zero-order chi connectivity index (χ0) is 21.8. The maximum atomic E-state index is 5.54. The molecule has 7 heteroatoms. The van der Waals surface area contributed by atoms with Crippen LogP contribution < -0.4 is 0 Å². The summed E-state index contributed by atoms with van der Waals surface area (Å²) < 4.78 is 38.2. The van der Waals surface area contributed by atoms with Gasteiger partial charge in [0.15, 0.2) is 0 Å². The van der Waals surface area contributed by atoms with Crippen molar-refractivity contribution in [1.82, 2.24) is 0 Å². The van der Waals surface area contributed by atoms with Gasteiger partial charge in [-0.3, -0.25) is 0 Å². The van der Waals surface area contributed by atoms with E-state index in [0.29, 0.717) is 79.3 Å². The van der Waals surface area contributed by atoms with Gasteiger partial charge >= 0.3 is 0 Å². The van der Waals surface area contributed by atoms with Crippen LogP contribution in [0.2, 0.25) is 0 Å². The highest BCUT2D eigenvalue weighted by atomic mass is 16.6. The molecule has 0 fully saturated rings. The van der Waals surface area contributed by atoms with Gasteiger partial charge in [-0.25, -0.2) is 0 Å². The fraction of sp³-hybridized carbons (Fsp3) is 1.00. The van der Waals surface area contributed by atoms with Crippen LogP contribution in [0.3, 0.4) is 0 Å². The second-order valence-electron chi connectivity index (χ2n) is 7.05. The first-order valence-corrected chi connectivity index (χ1v) is 12.0. The summed E-state index contributed by atoms with van der Waals surface area (Å²) in [6.45, 7) is 13.2. The van der Waals surface area contributed by atoms with Crippen LogP contribution in [0.5, 0.6) is 0 Å². The SMILES string of the molecule is CCCCCCCOCCOCCOCCOCCOCCOCCOCCCC. The third-order valence-corrected chi connectivity index (χ3v) is 4.27. The predicted molar refractivity (Wildman–Crippen MR) is 119 cm³/mol. The van der Waals surface area contributed by atoms with Gasteiger partial charge in [0, 0.05) is 13.2 Å². The maximum absolute atomic E-state index is 5.54. The van der Waals surface area contributed by atoms with Crippen molar-refractivity contribution in [2.75, 3.05) is 92.5 Å². The molecule has 0 amide bonds. The first-order chi connectivity index (χ1) is 14.9. The highest BCUT2D eigenvalue weighted by Crippen LogP contribution is 2.02. The lowest BCUT2D eigenvalue weighted by Gasteiger charge is -2.08. The van der Waals surface area contributed by atoms with E-state index in [2.05, 4.69) is 13.8 Å². The number of hydrogen-bond donors (Lipinski definition) is 0. The van der Waals surface area contributed by atoms with Crippen LogP contribution in [0.1, 0.15) is 58.8 Å². The summed E-state index contributed by atoms with van der Waals surface area (Å²) in [5.74, 6) is 0. The first-order valence-electron chi connectivity index (χ1n) is 12.0. The Kier molecular flexibility index (Phi) is 28.5. The minimum atomic E-state index is 0.565. The Hall–Kier alpha value is -0.280. The van der Waals surface area contributed by atoms with E-state index in [1.807, 2.05) is 0 Å². The molecular weight excluding hydrogens is 388 g/mol. The van der Waals surface area contributed by atoms with Gasteiger partial charge < -0.3 is 33.2 Å². The molecule has 0 saturated carbocycles. The average molecular weight is 437 g/mol. The molecule has 0 N–H and O–H groups in total. The van der Waals surface area contributed by atoms with Gasteiger partial charge in [0.05, 0.1) is 79.3 Å². The summed E-state index contributed by atoms with van der Waals surface area (Å²) >= 11 is 0. The van der Waals surface area contributed by atoms with Crippen molar-refractivity contribution in [3.63, 3.8) is 0 Å². The molecule has 0 saturated heterocycles. The van der Waals surface area contributed by atoms with Crippen molar-refractivity contribution < 1.29 is 33.2 Å². The number of ether oxygens (including phenoxy) is 7. The molecule has 0 aromatic rings. The summed E-state index contributed by atoms with van der Waals surface area (Å²) in [6.07, 6.45) is 8.60. The van der Waals surface area contributed by atoms with E-state index in [-0.39, 0.29) is 0 Å². The molecule has 30 heavy (non-hydrogen) atoms. The van der Waals surface area contributed by atoms with Crippen molar-refractivity contribution in [2.45, 2.75) is 58.8 Å². The van der Waals surface area contributed by atoms with Gasteiger partial charge in [0.2, 0.25) is 0 Å². The van der Waals surface area contributed by atoms with Gasteiger partial charge in [-0.1, -0.05) is 46.0 Å². The van der Waals surface area contributed by atoms with Crippen molar-refractivity contribution in [2.24, 2.45) is 0 Å². The van der Waals surface area contributed by atoms with E-state index in [0.717, 1.165) is 32.5 Å². The molecule has 0 heterocycles. The highest BCUT2D eigenvalue weighted by molar-refractivity contribution is 4.42. The molecule has 182 valence electrons. The van der Waals surface area contributed by atoms with E-state index >= 15 is 0 Å². The summed E-state index contributed by atoms with van der Waals surface area (Å²) in [6, 6.07) is 0. The Balaban J connectivity index is 2.97. The average Bonchev–Trinajstić information content (AvgIpc) is 2.76. The third-order valence-electron chi connectivity index (χ3n) is 4.27. The Labute approximate surface area is 185 Å². The topological polar surface area (TPSA) is 64.6 Å². The largest absolute Gasteiger partial charge is 0.379 e. The van der Waals surface area contributed by atoms with Crippen LogP contribution >= 0.6 is 0 Å². The molecule has 0 rings (SSSR count). The molecule has 0 aliphatic heterocycles. The molecular formula is C23H48O7. The van der Waals surface area contributed by atoms with E-state index in [4.69, 9.17) is 33.2 Å². The monoisotopic (exact) mass is 436 g/mol. The van der Waals surface area contributed by atoms with Crippen LogP contribution in [-0.2, 0) is 33.2 Å². The normalized spacial score (nSPS) is 11.4. The predicted octanol–water partition coefficient (Wildman–Crippen LogP) is 3.87. The Morgan fingerprint density at radius 3 is 0.867 bits per heavy atom.